The van der Waals surface area contributed by atoms with Crippen molar-refractivity contribution >= 4 is 28.7 Å². The van der Waals surface area contributed by atoms with E-state index in [1.807, 2.05) is 35.7 Å². The summed E-state index contributed by atoms with van der Waals surface area (Å²) >= 11 is 1.47. The molecule has 0 aliphatic carbocycles. The normalized spacial score (nSPS) is 10.7. The van der Waals surface area contributed by atoms with Crippen molar-refractivity contribution in [3.8, 4) is 28.5 Å². The molecule has 0 saturated carbocycles. The van der Waals surface area contributed by atoms with Crippen molar-refractivity contribution in [2.45, 2.75) is 0 Å². The average Bonchev–Trinajstić information content (AvgIpc) is 3.34. The molecular formula is C25H21N3O4S. The zero-order valence-corrected chi connectivity index (χ0v) is 18.8. The topological polar surface area (TPSA) is 82.0 Å². The van der Waals surface area contributed by atoms with Crippen molar-refractivity contribution in [1.29, 1.82) is 0 Å². The molecule has 0 bridgehead atoms. The summed E-state index contributed by atoms with van der Waals surface area (Å²) in [4.78, 5) is 17.0. The summed E-state index contributed by atoms with van der Waals surface area (Å²) < 4.78 is 16.0. The van der Waals surface area contributed by atoms with Gasteiger partial charge in [0.05, 0.1) is 31.7 Å². The lowest BCUT2D eigenvalue weighted by molar-refractivity contribution is 0.0729. The first-order valence-corrected chi connectivity index (χ1v) is 10.9. The minimum atomic E-state index is -0.489. The van der Waals surface area contributed by atoms with E-state index in [2.05, 4.69) is 15.5 Å². The van der Waals surface area contributed by atoms with Crippen LogP contribution in [-0.4, -0.2) is 31.4 Å². The number of hydrogen-bond acceptors (Lipinski definition) is 8. The SMILES string of the molecule is COc1ccc(C(=O)Oc2ccc(C=NNc3nc(-c4ccccc4)cs3)cc2OC)cc1. The van der Waals surface area contributed by atoms with Gasteiger partial charge in [0.1, 0.15) is 5.75 Å². The summed E-state index contributed by atoms with van der Waals surface area (Å²) in [5.74, 6) is 0.907. The average molecular weight is 460 g/mol. The number of hydrogen-bond donors (Lipinski definition) is 1. The van der Waals surface area contributed by atoms with E-state index in [1.165, 1.54) is 18.4 Å². The lowest BCUT2D eigenvalue weighted by Crippen LogP contribution is -2.09. The van der Waals surface area contributed by atoms with Gasteiger partial charge in [0, 0.05) is 10.9 Å². The molecule has 0 saturated heterocycles. The second-order valence-corrected chi connectivity index (χ2v) is 7.66. The van der Waals surface area contributed by atoms with E-state index in [1.54, 1.807) is 55.8 Å². The molecule has 33 heavy (non-hydrogen) atoms. The van der Waals surface area contributed by atoms with E-state index in [0.717, 1.165) is 16.8 Å². The number of aromatic nitrogens is 1. The highest BCUT2D eigenvalue weighted by Gasteiger charge is 2.13. The fourth-order valence-corrected chi connectivity index (χ4v) is 3.63. The highest BCUT2D eigenvalue weighted by molar-refractivity contribution is 7.14. The number of esters is 1. The van der Waals surface area contributed by atoms with E-state index in [9.17, 15) is 4.79 Å². The Hall–Kier alpha value is -4.17. The van der Waals surface area contributed by atoms with Gasteiger partial charge in [0.2, 0.25) is 5.13 Å². The molecule has 0 aliphatic heterocycles. The standard InChI is InChI=1S/C25H21N3O4S/c1-30-20-11-9-19(10-12-20)24(29)32-22-13-8-17(14-23(22)31-2)15-26-28-25-27-21(16-33-25)18-6-4-3-5-7-18/h3-16H,1-2H3,(H,27,28). The zero-order chi connectivity index (χ0) is 23.0. The van der Waals surface area contributed by atoms with Crippen LogP contribution in [0.25, 0.3) is 11.3 Å². The summed E-state index contributed by atoms with van der Waals surface area (Å²) in [5, 5.41) is 6.90. The lowest BCUT2D eigenvalue weighted by atomic mass is 10.2. The Bertz CT molecular complexity index is 1250. The predicted octanol–water partition coefficient (Wildman–Crippen LogP) is 5.49. The number of carbonyl (C=O) groups excluding carboxylic acids is 1. The van der Waals surface area contributed by atoms with Gasteiger partial charge in [-0.05, 0) is 48.0 Å². The van der Waals surface area contributed by atoms with Gasteiger partial charge in [-0.15, -0.1) is 11.3 Å². The molecule has 1 aromatic heterocycles. The fraction of sp³-hybridized carbons (Fsp3) is 0.0800. The molecule has 1 N–H and O–H groups in total. The molecule has 4 rings (SSSR count). The van der Waals surface area contributed by atoms with Crippen LogP contribution in [0, 0.1) is 0 Å². The Labute approximate surface area is 195 Å². The summed E-state index contributed by atoms with van der Waals surface area (Å²) in [6.45, 7) is 0. The van der Waals surface area contributed by atoms with Gasteiger partial charge in [0.15, 0.2) is 11.5 Å². The van der Waals surface area contributed by atoms with Crippen molar-refractivity contribution in [3.63, 3.8) is 0 Å². The van der Waals surface area contributed by atoms with Gasteiger partial charge in [-0.25, -0.2) is 9.78 Å². The van der Waals surface area contributed by atoms with Crippen LogP contribution in [0.2, 0.25) is 0 Å². The third kappa shape index (κ3) is 5.55. The summed E-state index contributed by atoms with van der Waals surface area (Å²) in [7, 11) is 3.08. The highest BCUT2D eigenvalue weighted by Crippen LogP contribution is 2.29. The number of ether oxygens (including phenoxy) is 3. The van der Waals surface area contributed by atoms with Crippen molar-refractivity contribution < 1.29 is 19.0 Å². The summed E-state index contributed by atoms with van der Waals surface area (Å²) in [6.07, 6.45) is 1.64. The maximum atomic E-state index is 12.4. The van der Waals surface area contributed by atoms with Crippen molar-refractivity contribution in [1.82, 2.24) is 4.98 Å². The largest absolute Gasteiger partial charge is 0.497 e. The summed E-state index contributed by atoms with van der Waals surface area (Å²) in [5.41, 5.74) is 6.06. The number of rotatable bonds is 8. The maximum absolute atomic E-state index is 12.4. The molecule has 0 fully saturated rings. The first-order chi connectivity index (χ1) is 16.2. The number of nitrogens with zero attached hydrogens (tertiary/aromatic N) is 2. The molecule has 0 amide bonds. The van der Waals surface area contributed by atoms with Crippen LogP contribution in [0.3, 0.4) is 0 Å². The van der Waals surface area contributed by atoms with Crippen LogP contribution in [0.5, 0.6) is 17.2 Å². The van der Waals surface area contributed by atoms with Crippen molar-refractivity contribution in [3.05, 3.63) is 89.3 Å². The zero-order valence-electron chi connectivity index (χ0n) is 18.0. The number of nitrogens with one attached hydrogen (secondary N) is 1. The Morgan fingerprint density at radius 1 is 0.970 bits per heavy atom. The molecule has 0 aliphatic rings. The quantitative estimate of drug-likeness (QED) is 0.162. The summed E-state index contributed by atoms with van der Waals surface area (Å²) in [6, 6.07) is 21.8. The molecule has 3 aromatic carbocycles. The van der Waals surface area contributed by atoms with Gasteiger partial charge in [-0.1, -0.05) is 30.3 Å². The van der Waals surface area contributed by atoms with Gasteiger partial charge >= 0.3 is 5.97 Å². The second kappa shape index (κ2) is 10.4. The van der Waals surface area contributed by atoms with Crippen molar-refractivity contribution in [2.75, 3.05) is 19.6 Å². The molecule has 4 aromatic rings. The fourth-order valence-electron chi connectivity index (χ4n) is 2.96. The number of benzene rings is 3. The van der Waals surface area contributed by atoms with E-state index < -0.39 is 5.97 Å². The number of thiazole rings is 1. The maximum Gasteiger partial charge on any atom is 0.343 e. The Kier molecular flexibility index (Phi) is 6.96. The molecule has 0 spiro atoms. The van der Waals surface area contributed by atoms with E-state index in [4.69, 9.17) is 14.2 Å². The molecule has 1 heterocycles. The highest BCUT2D eigenvalue weighted by atomic mass is 32.1. The third-order valence-electron chi connectivity index (χ3n) is 4.66. The van der Waals surface area contributed by atoms with Crippen LogP contribution in [0.4, 0.5) is 5.13 Å². The van der Waals surface area contributed by atoms with Crippen molar-refractivity contribution in [2.24, 2.45) is 5.10 Å². The van der Waals surface area contributed by atoms with Gasteiger partial charge in [-0.3, -0.25) is 5.43 Å². The van der Waals surface area contributed by atoms with Crippen LogP contribution in [0.15, 0.2) is 83.3 Å². The number of anilines is 1. The first kappa shape index (κ1) is 22.0. The molecule has 0 atom stereocenters. The van der Waals surface area contributed by atoms with E-state index in [0.29, 0.717) is 27.9 Å². The minimum absolute atomic E-state index is 0.316. The van der Waals surface area contributed by atoms with Gasteiger partial charge in [-0.2, -0.15) is 5.10 Å². The number of methoxy groups -OCH3 is 2. The molecule has 0 unspecified atom stereocenters. The minimum Gasteiger partial charge on any atom is -0.497 e. The van der Waals surface area contributed by atoms with Crippen LogP contribution in [-0.2, 0) is 0 Å². The number of hydrazone groups is 1. The molecule has 166 valence electrons. The molecule has 7 nitrogen and oxygen atoms in total. The predicted molar refractivity (Wildman–Crippen MR) is 130 cm³/mol. The Balaban J connectivity index is 1.40. The second-order valence-electron chi connectivity index (χ2n) is 6.80. The number of carbonyl (C=O) groups is 1. The Morgan fingerprint density at radius 2 is 1.76 bits per heavy atom. The third-order valence-corrected chi connectivity index (χ3v) is 5.41. The first-order valence-electron chi connectivity index (χ1n) is 10.0. The Morgan fingerprint density at radius 3 is 2.48 bits per heavy atom. The monoisotopic (exact) mass is 459 g/mol. The smallest absolute Gasteiger partial charge is 0.343 e. The lowest BCUT2D eigenvalue weighted by Gasteiger charge is -2.10. The molecular weight excluding hydrogens is 438 g/mol. The van der Waals surface area contributed by atoms with Gasteiger partial charge in [0.25, 0.3) is 0 Å². The van der Waals surface area contributed by atoms with Crippen LogP contribution in [0.1, 0.15) is 15.9 Å². The molecule has 0 radical (unpaired) electrons. The van der Waals surface area contributed by atoms with E-state index >= 15 is 0 Å². The van der Waals surface area contributed by atoms with Gasteiger partial charge < -0.3 is 14.2 Å². The molecule has 8 heteroatoms. The van der Waals surface area contributed by atoms with Crippen LogP contribution >= 0.6 is 11.3 Å². The van der Waals surface area contributed by atoms with E-state index in [-0.39, 0.29) is 0 Å². The van der Waals surface area contributed by atoms with Crippen LogP contribution < -0.4 is 19.6 Å².